The molecule has 1 atom stereocenters. The molecule has 2 aromatic heterocycles. The third-order valence-electron chi connectivity index (χ3n) is 4.61. The van der Waals surface area contributed by atoms with Crippen LogP contribution < -0.4 is 14.8 Å². The van der Waals surface area contributed by atoms with Crippen molar-refractivity contribution in [3.8, 4) is 11.5 Å². The summed E-state index contributed by atoms with van der Waals surface area (Å²) in [6.07, 6.45) is 0. The molecule has 0 saturated heterocycles. The fourth-order valence-corrected chi connectivity index (χ4v) is 3.99. The van der Waals surface area contributed by atoms with Gasteiger partial charge < -0.3 is 14.8 Å². The Kier molecular flexibility index (Phi) is 4.09. The van der Waals surface area contributed by atoms with Crippen LogP contribution in [0.4, 0.5) is 0 Å². The van der Waals surface area contributed by atoms with Gasteiger partial charge in [-0.15, -0.1) is 5.10 Å². The first-order valence-electron chi connectivity index (χ1n) is 8.82. The van der Waals surface area contributed by atoms with Gasteiger partial charge in [0.05, 0.1) is 22.8 Å². The lowest BCUT2D eigenvalue weighted by Gasteiger charge is -2.14. The number of nitrogens with zero attached hydrogens (tertiary/aromatic N) is 3. The molecule has 2 N–H and O–H groups in total. The van der Waals surface area contributed by atoms with Crippen LogP contribution in [0.15, 0.2) is 47.6 Å². The number of hydrogen-bond acceptors (Lipinski definition) is 6. The summed E-state index contributed by atoms with van der Waals surface area (Å²) < 4.78 is 12.6. The average molecular weight is 395 g/mol. The van der Waals surface area contributed by atoms with Crippen LogP contribution in [0.1, 0.15) is 18.5 Å². The van der Waals surface area contributed by atoms with Gasteiger partial charge in [0, 0.05) is 0 Å². The molecule has 0 radical (unpaired) electrons. The summed E-state index contributed by atoms with van der Waals surface area (Å²) in [7, 11) is 0. The molecule has 142 valence electrons. The molecule has 1 unspecified atom stereocenters. The van der Waals surface area contributed by atoms with Crippen molar-refractivity contribution in [1.29, 1.82) is 0 Å². The predicted molar refractivity (Wildman–Crippen MR) is 105 cm³/mol. The number of thioether (sulfide) groups is 1. The molecule has 1 aliphatic heterocycles. The lowest BCUT2D eigenvalue weighted by molar-refractivity contribution is -0.119. The Morgan fingerprint density at radius 2 is 2.14 bits per heavy atom. The molecule has 0 aliphatic carbocycles. The minimum absolute atomic E-state index is 0.0734. The summed E-state index contributed by atoms with van der Waals surface area (Å²) in [6.45, 7) is 2.17. The van der Waals surface area contributed by atoms with Crippen molar-refractivity contribution in [2.45, 2.75) is 18.1 Å². The highest BCUT2D eigenvalue weighted by atomic mass is 32.2. The third-order valence-corrected chi connectivity index (χ3v) is 5.55. The maximum absolute atomic E-state index is 12.4. The molecule has 0 bridgehead atoms. The van der Waals surface area contributed by atoms with Gasteiger partial charge in [0.2, 0.25) is 18.5 Å². The van der Waals surface area contributed by atoms with Crippen molar-refractivity contribution in [2.75, 3.05) is 12.5 Å². The number of benzene rings is 2. The van der Waals surface area contributed by atoms with Gasteiger partial charge in [-0.1, -0.05) is 30.0 Å². The molecule has 0 saturated carbocycles. The highest BCUT2D eigenvalue weighted by Crippen LogP contribution is 2.34. The number of para-hydroxylation sites is 2. The second-order valence-electron chi connectivity index (χ2n) is 6.46. The molecule has 0 spiro atoms. The van der Waals surface area contributed by atoms with E-state index < -0.39 is 0 Å². The molecule has 4 aromatic rings. The maximum Gasteiger partial charge on any atom is 0.231 e. The summed E-state index contributed by atoms with van der Waals surface area (Å²) in [6, 6.07) is 13.4. The van der Waals surface area contributed by atoms with Crippen LogP contribution in [0.5, 0.6) is 11.5 Å². The van der Waals surface area contributed by atoms with Crippen molar-refractivity contribution in [3.05, 3.63) is 48.0 Å². The Bertz CT molecular complexity index is 1180. The number of aromatic nitrogens is 4. The monoisotopic (exact) mass is 395 g/mol. The van der Waals surface area contributed by atoms with E-state index in [0.717, 1.165) is 22.3 Å². The van der Waals surface area contributed by atoms with Crippen LogP contribution in [-0.4, -0.2) is 38.0 Å². The first-order valence-corrected chi connectivity index (χ1v) is 9.81. The van der Waals surface area contributed by atoms with Gasteiger partial charge in [0.1, 0.15) is 0 Å². The van der Waals surface area contributed by atoms with E-state index in [2.05, 4.69) is 20.5 Å². The Balaban J connectivity index is 1.27. The predicted octanol–water partition coefficient (Wildman–Crippen LogP) is 2.91. The largest absolute Gasteiger partial charge is 0.454 e. The topological polar surface area (TPSA) is 93.5 Å². The molecule has 1 amide bonds. The minimum Gasteiger partial charge on any atom is -0.454 e. The van der Waals surface area contributed by atoms with Gasteiger partial charge in [-0.05, 0) is 36.8 Å². The van der Waals surface area contributed by atoms with Crippen LogP contribution in [0.3, 0.4) is 0 Å². The molecule has 2 aromatic carbocycles. The lowest BCUT2D eigenvalue weighted by Crippen LogP contribution is -2.28. The molecular weight excluding hydrogens is 378 g/mol. The van der Waals surface area contributed by atoms with Gasteiger partial charge >= 0.3 is 0 Å². The van der Waals surface area contributed by atoms with Crippen molar-refractivity contribution in [3.63, 3.8) is 0 Å². The number of imidazole rings is 1. The van der Waals surface area contributed by atoms with Crippen LogP contribution in [-0.2, 0) is 4.79 Å². The third kappa shape index (κ3) is 2.93. The molecule has 9 heteroatoms. The second kappa shape index (κ2) is 6.75. The number of amides is 1. The van der Waals surface area contributed by atoms with E-state index in [0.29, 0.717) is 16.7 Å². The number of aromatic amines is 1. The summed E-state index contributed by atoms with van der Waals surface area (Å²) in [4.78, 5) is 16.9. The van der Waals surface area contributed by atoms with Gasteiger partial charge in [0.15, 0.2) is 16.7 Å². The van der Waals surface area contributed by atoms with Crippen LogP contribution in [0.2, 0.25) is 0 Å². The SMILES string of the molecule is CC(NC(=O)CSc1n[nH]c2nc3ccccc3n12)c1ccc2c(c1)OCO2. The Labute approximate surface area is 164 Å². The Hall–Kier alpha value is -3.20. The zero-order valence-electron chi connectivity index (χ0n) is 15.0. The number of carbonyl (C=O) groups excluding carboxylic acids is 1. The van der Waals surface area contributed by atoms with Gasteiger partial charge in [-0.2, -0.15) is 0 Å². The summed E-state index contributed by atoms with van der Waals surface area (Å²) in [5.41, 5.74) is 2.81. The molecule has 8 nitrogen and oxygen atoms in total. The molecular formula is C19H17N5O3S. The van der Waals surface area contributed by atoms with Crippen molar-refractivity contribution in [1.82, 2.24) is 24.9 Å². The number of fused-ring (bicyclic) bond motifs is 4. The summed E-state index contributed by atoms with van der Waals surface area (Å²) in [5.74, 6) is 2.28. The second-order valence-corrected chi connectivity index (χ2v) is 7.40. The van der Waals surface area contributed by atoms with Crippen molar-refractivity contribution >= 4 is 34.5 Å². The number of H-pyrrole nitrogens is 1. The maximum atomic E-state index is 12.4. The Morgan fingerprint density at radius 1 is 1.29 bits per heavy atom. The summed E-state index contributed by atoms with van der Waals surface area (Å²) in [5, 5.41) is 10.9. The number of hydrogen-bond donors (Lipinski definition) is 2. The van der Waals surface area contributed by atoms with Crippen molar-refractivity contribution < 1.29 is 14.3 Å². The van der Waals surface area contributed by atoms with Gasteiger partial charge in [-0.25, -0.2) is 10.1 Å². The highest BCUT2D eigenvalue weighted by Gasteiger charge is 2.18. The lowest BCUT2D eigenvalue weighted by atomic mass is 10.1. The average Bonchev–Trinajstić information content (AvgIpc) is 3.40. The standard InChI is InChI=1S/C19H17N5O3S/c1-11(12-6-7-15-16(8-12)27-10-26-15)20-17(25)9-28-19-23-22-18-21-13-4-2-3-5-14(13)24(18)19/h2-8,11H,9-10H2,1H3,(H,20,25)(H,21,22). The first-order chi connectivity index (χ1) is 13.7. The number of ether oxygens (including phenoxy) is 2. The zero-order chi connectivity index (χ0) is 19.1. The zero-order valence-corrected chi connectivity index (χ0v) is 15.8. The molecule has 1 aliphatic rings. The fourth-order valence-electron chi connectivity index (χ4n) is 3.22. The number of rotatable bonds is 5. The van der Waals surface area contributed by atoms with Crippen LogP contribution in [0, 0.1) is 0 Å². The highest BCUT2D eigenvalue weighted by molar-refractivity contribution is 7.99. The van der Waals surface area contributed by atoms with E-state index in [1.54, 1.807) is 0 Å². The van der Waals surface area contributed by atoms with Crippen LogP contribution >= 0.6 is 11.8 Å². The van der Waals surface area contributed by atoms with Gasteiger partial charge in [0.25, 0.3) is 0 Å². The van der Waals surface area contributed by atoms with Crippen LogP contribution in [0.25, 0.3) is 16.8 Å². The molecule has 0 fully saturated rings. The van der Waals surface area contributed by atoms with E-state index in [1.165, 1.54) is 11.8 Å². The molecule has 5 rings (SSSR count). The number of carbonyl (C=O) groups is 1. The van der Waals surface area contributed by atoms with E-state index in [-0.39, 0.29) is 24.5 Å². The summed E-state index contributed by atoms with van der Waals surface area (Å²) >= 11 is 1.37. The van der Waals surface area contributed by atoms with E-state index in [9.17, 15) is 4.79 Å². The molecule has 3 heterocycles. The van der Waals surface area contributed by atoms with E-state index >= 15 is 0 Å². The van der Waals surface area contributed by atoms with Crippen molar-refractivity contribution in [2.24, 2.45) is 0 Å². The fraction of sp³-hybridized carbons (Fsp3) is 0.211. The van der Waals surface area contributed by atoms with E-state index in [1.807, 2.05) is 53.8 Å². The smallest absolute Gasteiger partial charge is 0.231 e. The first kappa shape index (κ1) is 16.9. The normalized spacial score (nSPS) is 13.9. The minimum atomic E-state index is -0.143. The Morgan fingerprint density at radius 3 is 3.07 bits per heavy atom. The quantitative estimate of drug-likeness (QED) is 0.505. The van der Waals surface area contributed by atoms with E-state index in [4.69, 9.17) is 9.47 Å². The van der Waals surface area contributed by atoms with Gasteiger partial charge in [-0.3, -0.25) is 9.20 Å². The number of nitrogens with one attached hydrogen (secondary N) is 2. The molecule has 28 heavy (non-hydrogen) atoms.